The molecule has 1 aliphatic heterocycles. The molecule has 1 aromatic rings. The Morgan fingerprint density at radius 3 is 1.82 bits per heavy atom. The van der Waals surface area contributed by atoms with Gasteiger partial charge in [-0.15, -0.1) is 0 Å². The Balaban J connectivity index is 2.20. The third-order valence-electron chi connectivity index (χ3n) is 13.2. The standard InChI is InChI=1S/C38H58N/c1-17-27-26(21-28-25(5)34(10,11)36(14,15)35(28,12)13)31-22-29-30(33(8,9)24-32(29,6)7)23-39(31)38(19-3,20-4)37(27,16)18-2/h19,21-23H,3,5,17-18,20,24H2,1-2,4,6-16H3/q+1. The lowest BCUT2D eigenvalue weighted by Crippen LogP contribution is -2.67. The van der Waals surface area contributed by atoms with Gasteiger partial charge in [-0.3, -0.25) is 0 Å². The number of hydrogen-bond donors (Lipinski definition) is 0. The van der Waals surface area contributed by atoms with Crippen LogP contribution < -0.4 is 4.57 Å². The molecular formula is C38H58N+. The molecule has 1 nitrogen and oxygen atoms in total. The van der Waals surface area contributed by atoms with E-state index in [1.807, 2.05) is 0 Å². The normalized spacial score (nSPS) is 32.4. The van der Waals surface area contributed by atoms with Crippen LogP contribution in [-0.2, 0) is 16.4 Å². The number of aromatic nitrogens is 1. The van der Waals surface area contributed by atoms with E-state index >= 15 is 0 Å². The molecule has 1 saturated carbocycles. The van der Waals surface area contributed by atoms with E-state index in [0.717, 1.165) is 19.3 Å². The fourth-order valence-corrected chi connectivity index (χ4v) is 9.37. The molecule has 2 atom stereocenters. The van der Waals surface area contributed by atoms with Crippen molar-refractivity contribution in [1.29, 1.82) is 0 Å². The average Bonchev–Trinajstić information content (AvgIpc) is 3.07. The summed E-state index contributed by atoms with van der Waals surface area (Å²) in [5.41, 5.74) is 10.3. The first kappa shape index (κ1) is 30.1. The van der Waals surface area contributed by atoms with Crippen LogP contribution in [0.4, 0.5) is 0 Å². The van der Waals surface area contributed by atoms with Gasteiger partial charge >= 0.3 is 0 Å². The summed E-state index contributed by atoms with van der Waals surface area (Å²) in [5.74, 6) is 0. The lowest BCUT2D eigenvalue weighted by molar-refractivity contribution is -0.771. The fraction of sp³-hybridized carbons (Fsp3) is 0.658. The van der Waals surface area contributed by atoms with E-state index in [-0.39, 0.29) is 38.0 Å². The molecule has 1 aromatic heterocycles. The van der Waals surface area contributed by atoms with Crippen molar-refractivity contribution in [3.8, 4) is 0 Å². The molecule has 0 aromatic carbocycles. The summed E-state index contributed by atoms with van der Waals surface area (Å²) in [6, 6.07) is 2.58. The van der Waals surface area contributed by atoms with Crippen molar-refractivity contribution in [3.05, 3.63) is 71.1 Å². The number of nitrogens with zero attached hydrogens (tertiary/aromatic N) is 1. The van der Waals surface area contributed by atoms with Crippen molar-refractivity contribution in [1.82, 2.24) is 0 Å². The van der Waals surface area contributed by atoms with Gasteiger partial charge in [0.25, 0.3) is 0 Å². The average molecular weight is 529 g/mol. The maximum atomic E-state index is 4.76. The van der Waals surface area contributed by atoms with Gasteiger partial charge in [0, 0.05) is 23.6 Å². The van der Waals surface area contributed by atoms with Crippen molar-refractivity contribution in [2.45, 2.75) is 139 Å². The highest BCUT2D eigenvalue weighted by atomic mass is 15.1. The Morgan fingerprint density at radius 1 is 0.821 bits per heavy atom. The second kappa shape index (κ2) is 8.56. The Hall–Kier alpha value is -1.89. The maximum Gasteiger partial charge on any atom is 0.213 e. The molecule has 0 radical (unpaired) electrons. The minimum Gasteiger partial charge on any atom is -0.188 e. The van der Waals surface area contributed by atoms with Gasteiger partial charge in [-0.1, -0.05) is 103 Å². The van der Waals surface area contributed by atoms with Crippen LogP contribution in [0.25, 0.3) is 5.57 Å². The zero-order valence-corrected chi connectivity index (χ0v) is 28.0. The molecular weight excluding hydrogens is 470 g/mol. The molecule has 0 saturated heterocycles. The molecule has 2 unspecified atom stereocenters. The Labute approximate surface area is 241 Å². The van der Waals surface area contributed by atoms with Crippen molar-refractivity contribution in [2.24, 2.45) is 21.7 Å². The molecule has 0 bridgehead atoms. The molecule has 2 heterocycles. The second-order valence-electron chi connectivity index (χ2n) is 16.1. The summed E-state index contributed by atoms with van der Waals surface area (Å²) in [5, 5.41) is 0. The van der Waals surface area contributed by atoms with Gasteiger partial charge < -0.3 is 0 Å². The number of fused-ring (bicyclic) bond motifs is 2. The summed E-state index contributed by atoms with van der Waals surface area (Å²) in [6.07, 6.45) is 11.7. The first-order valence-electron chi connectivity index (χ1n) is 15.6. The van der Waals surface area contributed by atoms with Crippen LogP contribution in [0.1, 0.15) is 139 Å². The van der Waals surface area contributed by atoms with Gasteiger partial charge in [0.2, 0.25) is 5.69 Å². The third-order valence-corrected chi connectivity index (χ3v) is 13.2. The third kappa shape index (κ3) is 3.47. The SMILES string of the molecule is C=CC1(CC)[n+]2cc3c(cc2C(C=C2C(=C)C(C)(C)C(C)(C)C2(C)C)=C(CC)C1(C)CC)C(C)(C)CC3(C)C. The summed E-state index contributed by atoms with van der Waals surface area (Å²) < 4.78 is 2.66. The van der Waals surface area contributed by atoms with Crippen molar-refractivity contribution < 1.29 is 4.57 Å². The van der Waals surface area contributed by atoms with Crippen molar-refractivity contribution in [3.63, 3.8) is 0 Å². The van der Waals surface area contributed by atoms with Gasteiger partial charge in [-0.25, -0.2) is 0 Å². The van der Waals surface area contributed by atoms with Gasteiger partial charge in [0.15, 0.2) is 11.7 Å². The Kier molecular flexibility index (Phi) is 6.60. The molecule has 4 rings (SSSR count). The number of allylic oxidation sites excluding steroid dienone is 6. The Bertz CT molecular complexity index is 1300. The first-order chi connectivity index (χ1) is 17.7. The van der Waals surface area contributed by atoms with E-state index in [0.29, 0.717) is 0 Å². The van der Waals surface area contributed by atoms with E-state index in [2.05, 4.69) is 132 Å². The number of rotatable bonds is 5. The lowest BCUT2D eigenvalue weighted by atomic mass is 9.58. The highest BCUT2D eigenvalue weighted by Gasteiger charge is 2.61. The molecule has 1 fully saturated rings. The summed E-state index contributed by atoms with van der Waals surface area (Å²) >= 11 is 0. The molecule has 0 N–H and O–H groups in total. The minimum atomic E-state index is -0.178. The van der Waals surface area contributed by atoms with Crippen LogP contribution in [0.15, 0.2) is 54.3 Å². The first-order valence-corrected chi connectivity index (χ1v) is 15.6. The molecule has 214 valence electrons. The summed E-state index contributed by atoms with van der Waals surface area (Å²) in [6.45, 7) is 43.2. The largest absolute Gasteiger partial charge is 0.213 e. The predicted molar refractivity (Wildman–Crippen MR) is 170 cm³/mol. The van der Waals surface area contributed by atoms with Gasteiger partial charge in [0.05, 0.1) is 5.41 Å². The van der Waals surface area contributed by atoms with E-state index in [1.165, 1.54) is 40.0 Å². The molecule has 2 aliphatic carbocycles. The summed E-state index contributed by atoms with van der Waals surface area (Å²) in [7, 11) is 0. The van der Waals surface area contributed by atoms with Crippen LogP contribution in [0.3, 0.4) is 0 Å². The van der Waals surface area contributed by atoms with Crippen molar-refractivity contribution in [2.75, 3.05) is 0 Å². The number of hydrogen-bond acceptors (Lipinski definition) is 0. The lowest BCUT2D eigenvalue weighted by Gasteiger charge is -2.48. The zero-order valence-electron chi connectivity index (χ0n) is 28.0. The fourth-order valence-electron chi connectivity index (χ4n) is 9.37. The second-order valence-corrected chi connectivity index (χ2v) is 16.1. The van der Waals surface area contributed by atoms with Crippen LogP contribution in [-0.4, -0.2) is 0 Å². The Morgan fingerprint density at radius 2 is 1.38 bits per heavy atom. The molecule has 3 aliphatic rings. The van der Waals surface area contributed by atoms with Crippen LogP contribution in [0, 0.1) is 21.7 Å². The van der Waals surface area contributed by atoms with E-state index in [1.54, 1.807) is 5.57 Å². The van der Waals surface area contributed by atoms with Crippen LogP contribution >= 0.6 is 0 Å². The van der Waals surface area contributed by atoms with E-state index in [4.69, 9.17) is 6.58 Å². The highest BCUT2D eigenvalue weighted by molar-refractivity contribution is 5.79. The minimum absolute atomic E-state index is 0.00258. The molecule has 0 spiro atoms. The summed E-state index contributed by atoms with van der Waals surface area (Å²) in [4.78, 5) is 0. The number of pyridine rings is 1. The van der Waals surface area contributed by atoms with Gasteiger partial charge in [-0.05, 0) is 87.7 Å². The zero-order chi connectivity index (χ0) is 29.8. The maximum absolute atomic E-state index is 4.76. The smallest absolute Gasteiger partial charge is 0.188 e. The highest BCUT2D eigenvalue weighted by Crippen LogP contribution is 2.67. The molecule has 1 heteroatoms. The monoisotopic (exact) mass is 528 g/mol. The van der Waals surface area contributed by atoms with Crippen LogP contribution in [0.2, 0.25) is 0 Å². The van der Waals surface area contributed by atoms with Gasteiger partial charge in [-0.2, -0.15) is 4.57 Å². The molecule has 0 amide bonds. The predicted octanol–water partition coefficient (Wildman–Crippen LogP) is 10.4. The molecule has 39 heavy (non-hydrogen) atoms. The van der Waals surface area contributed by atoms with Gasteiger partial charge in [0.1, 0.15) is 0 Å². The quantitative estimate of drug-likeness (QED) is 0.264. The topological polar surface area (TPSA) is 3.88 Å². The van der Waals surface area contributed by atoms with E-state index < -0.39 is 0 Å². The van der Waals surface area contributed by atoms with Crippen molar-refractivity contribution >= 4 is 5.57 Å². The van der Waals surface area contributed by atoms with Crippen LogP contribution in [0.5, 0.6) is 0 Å². The van der Waals surface area contributed by atoms with E-state index in [9.17, 15) is 0 Å².